The van der Waals surface area contributed by atoms with Crippen LogP contribution in [-0.2, 0) is 0 Å². The Hall–Kier alpha value is 0.460. The van der Waals surface area contributed by atoms with Crippen molar-refractivity contribution in [3.05, 3.63) is 0 Å². The van der Waals surface area contributed by atoms with Gasteiger partial charge in [-0.1, -0.05) is 13.8 Å². The summed E-state index contributed by atoms with van der Waals surface area (Å²) in [6.45, 7) is 13.3. The van der Waals surface area contributed by atoms with Gasteiger partial charge < -0.3 is 15.5 Å². The zero-order valence-corrected chi connectivity index (χ0v) is 14.0. The minimum absolute atomic E-state index is 0. The van der Waals surface area contributed by atoms with E-state index in [1.807, 2.05) is 0 Å². The van der Waals surface area contributed by atoms with Gasteiger partial charge >= 0.3 is 0 Å². The number of nitrogens with one attached hydrogen (secondary N) is 2. The molecule has 0 aromatic rings. The summed E-state index contributed by atoms with van der Waals surface area (Å²) in [5, 5.41) is 6.99. The lowest BCUT2D eigenvalue weighted by Crippen LogP contribution is -2.43. The quantitative estimate of drug-likeness (QED) is 0.814. The van der Waals surface area contributed by atoms with Crippen molar-refractivity contribution in [2.45, 2.75) is 33.1 Å². The first-order valence-corrected chi connectivity index (χ1v) is 7.36. The van der Waals surface area contributed by atoms with Gasteiger partial charge in [0.15, 0.2) is 0 Å². The van der Waals surface area contributed by atoms with Crippen LogP contribution in [0.4, 0.5) is 0 Å². The smallest absolute Gasteiger partial charge is 0.00480 e. The molecule has 0 radical (unpaired) electrons. The summed E-state index contributed by atoms with van der Waals surface area (Å²) in [6.07, 6.45) is 4.12. The summed E-state index contributed by atoms with van der Waals surface area (Å²) in [7, 11) is 0. The second-order valence-corrected chi connectivity index (χ2v) is 6.26. The Morgan fingerprint density at radius 3 is 2.47 bits per heavy atom. The van der Waals surface area contributed by atoms with Crippen molar-refractivity contribution in [1.29, 1.82) is 0 Å². The van der Waals surface area contributed by atoms with Gasteiger partial charge in [-0.2, -0.15) is 0 Å². The van der Waals surface area contributed by atoms with E-state index < -0.39 is 0 Å². The number of likely N-dealkylation sites (tertiary alicyclic amines) is 1. The molecule has 0 amide bonds. The third kappa shape index (κ3) is 6.17. The fourth-order valence-electron chi connectivity index (χ4n) is 3.24. The van der Waals surface area contributed by atoms with Crippen LogP contribution in [0.15, 0.2) is 0 Å². The Balaban J connectivity index is 0.00000162. The third-order valence-corrected chi connectivity index (χ3v) is 4.45. The highest BCUT2D eigenvalue weighted by atomic mass is 35.5. The second kappa shape index (κ2) is 9.41. The van der Waals surface area contributed by atoms with Gasteiger partial charge in [0.2, 0.25) is 0 Å². The Morgan fingerprint density at radius 1 is 1.26 bits per heavy atom. The molecule has 2 N–H and O–H groups in total. The molecule has 2 fully saturated rings. The van der Waals surface area contributed by atoms with E-state index in [4.69, 9.17) is 0 Å². The van der Waals surface area contributed by atoms with Crippen LogP contribution in [0.3, 0.4) is 0 Å². The molecule has 3 nitrogen and oxygen atoms in total. The van der Waals surface area contributed by atoms with Gasteiger partial charge in [-0.15, -0.1) is 24.8 Å². The molecule has 5 heteroatoms. The van der Waals surface area contributed by atoms with Gasteiger partial charge in [-0.3, -0.25) is 0 Å². The molecule has 19 heavy (non-hydrogen) atoms. The molecule has 0 aliphatic carbocycles. The molecule has 2 aliphatic heterocycles. The predicted molar refractivity (Wildman–Crippen MR) is 87.8 cm³/mol. The third-order valence-electron chi connectivity index (χ3n) is 4.45. The second-order valence-electron chi connectivity index (χ2n) is 6.26. The number of rotatable bonds is 5. The van der Waals surface area contributed by atoms with E-state index >= 15 is 0 Å². The molecule has 0 spiro atoms. The van der Waals surface area contributed by atoms with Crippen molar-refractivity contribution in [2.75, 3.05) is 45.8 Å². The minimum Gasteiger partial charge on any atom is -0.317 e. The van der Waals surface area contributed by atoms with E-state index in [2.05, 4.69) is 29.4 Å². The minimum atomic E-state index is 0. The lowest BCUT2D eigenvalue weighted by molar-refractivity contribution is 0.128. The van der Waals surface area contributed by atoms with Crippen molar-refractivity contribution >= 4 is 24.8 Å². The topological polar surface area (TPSA) is 27.3 Å². The zero-order chi connectivity index (χ0) is 12.1. The molecule has 1 atom stereocenters. The maximum absolute atomic E-state index is 3.50. The number of hydrogen-bond donors (Lipinski definition) is 2. The monoisotopic (exact) mass is 311 g/mol. The number of hydrogen-bond acceptors (Lipinski definition) is 3. The van der Waals surface area contributed by atoms with Crippen molar-refractivity contribution in [2.24, 2.45) is 11.3 Å². The van der Waals surface area contributed by atoms with Crippen LogP contribution in [0.5, 0.6) is 0 Å². The Morgan fingerprint density at radius 2 is 1.95 bits per heavy atom. The summed E-state index contributed by atoms with van der Waals surface area (Å²) >= 11 is 0. The first-order chi connectivity index (χ1) is 8.22. The van der Waals surface area contributed by atoms with Gasteiger partial charge in [0.25, 0.3) is 0 Å². The van der Waals surface area contributed by atoms with Crippen LogP contribution in [0.25, 0.3) is 0 Å². The van der Waals surface area contributed by atoms with Crippen LogP contribution in [0, 0.1) is 11.3 Å². The Kier molecular flexibility index (Phi) is 9.63. The van der Waals surface area contributed by atoms with Crippen LogP contribution in [0.2, 0.25) is 0 Å². The molecular weight excluding hydrogens is 281 g/mol. The molecule has 0 aromatic carbocycles. The van der Waals surface area contributed by atoms with Crippen LogP contribution in [0.1, 0.15) is 33.1 Å². The molecule has 0 bridgehead atoms. The summed E-state index contributed by atoms with van der Waals surface area (Å²) in [6, 6.07) is 0. The molecule has 0 saturated carbocycles. The first kappa shape index (κ1) is 19.5. The normalized spacial score (nSPS) is 28.7. The SMILES string of the molecule is CCNCC1CCN(CC2(C)CCNC2)CC1.Cl.Cl. The number of piperidine rings is 1. The lowest BCUT2D eigenvalue weighted by atomic mass is 9.87. The summed E-state index contributed by atoms with van der Waals surface area (Å²) in [4.78, 5) is 2.69. The van der Waals surface area contributed by atoms with Crippen molar-refractivity contribution < 1.29 is 0 Å². The molecule has 1 unspecified atom stereocenters. The first-order valence-electron chi connectivity index (χ1n) is 7.36. The van der Waals surface area contributed by atoms with E-state index in [0.29, 0.717) is 5.41 Å². The van der Waals surface area contributed by atoms with E-state index in [9.17, 15) is 0 Å². The van der Waals surface area contributed by atoms with Crippen LogP contribution < -0.4 is 10.6 Å². The van der Waals surface area contributed by atoms with Gasteiger partial charge in [0.1, 0.15) is 0 Å². The summed E-state index contributed by atoms with van der Waals surface area (Å²) in [5.41, 5.74) is 0.536. The maximum atomic E-state index is 3.50. The average Bonchev–Trinajstić information content (AvgIpc) is 2.75. The van der Waals surface area contributed by atoms with Crippen LogP contribution >= 0.6 is 24.8 Å². The van der Waals surface area contributed by atoms with Gasteiger partial charge in [-0.25, -0.2) is 0 Å². The lowest BCUT2D eigenvalue weighted by Gasteiger charge is -2.37. The molecule has 2 saturated heterocycles. The molecule has 0 aromatic heterocycles. The van der Waals surface area contributed by atoms with Crippen molar-refractivity contribution in [1.82, 2.24) is 15.5 Å². The van der Waals surface area contributed by atoms with E-state index in [-0.39, 0.29) is 24.8 Å². The van der Waals surface area contributed by atoms with Gasteiger partial charge in [-0.05, 0) is 63.3 Å². The van der Waals surface area contributed by atoms with Crippen molar-refractivity contribution in [3.63, 3.8) is 0 Å². The van der Waals surface area contributed by atoms with Gasteiger partial charge in [0, 0.05) is 13.1 Å². The van der Waals surface area contributed by atoms with E-state index in [1.54, 1.807) is 0 Å². The fourth-order valence-corrected chi connectivity index (χ4v) is 3.24. The average molecular weight is 312 g/mol. The highest BCUT2D eigenvalue weighted by Gasteiger charge is 2.31. The highest BCUT2D eigenvalue weighted by molar-refractivity contribution is 5.85. The predicted octanol–water partition coefficient (Wildman–Crippen LogP) is 2.15. The molecule has 2 heterocycles. The van der Waals surface area contributed by atoms with E-state index in [1.165, 1.54) is 58.5 Å². The maximum Gasteiger partial charge on any atom is 0.00480 e. The van der Waals surface area contributed by atoms with Gasteiger partial charge in [0.05, 0.1) is 0 Å². The Bertz CT molecular complexity index is 225. The number of halogens is 2. The number of nitrogens with zero attached hydrogens (tertiary/aromatic N) is 1. The standard InChI is InChI=1S/C14H29N3.2ClH/c1-3-15-10-13-4-8-17(9-5-13)12-14(2)6-7-16-11-14;;/h13,15-16H,3-12H2,1-2H3;2*1H. The summed E-state index contributed by atoms with van der Waals surface area (Å²) < 4.78 is 0. The Labute approximate surface area is 131 Å². The van der Waals surface area contributed by atoms with Crippen molar-refractivity contribution in [3.8, 4) is 0 Å². The van der Waals surface area contributed by atoms with Crippen LogP contribution in [-0.4, -0.2) is 50.7 Å². The molecule has 2 rings (SSSR count). The van der Waals surface area contributed by atoms with E-state index in [0.717, 1.165) is 12.5 Å². The highest BCUT2D eigenvalue weighted by Crippen LogP contribution is 2.27. The largest absolute Gasteiger partial charge is 0.317 e. The zero-order valence-electron chi connectivity index (χ0n) is 12.4. The molecular formula is C14H31Cl2N3. The fraction of sp³-hybridized carbons (Fsp3) is 1.00. The summed E-state index contributed by atoms with van der Waals surface area (Å²) in [5.74, 6) is 0.917. The molecule has 116 valence electrons. The molecule has 2 aliphatic rings.